The van der Waals surface area contributed by atoms with E-state index in [1.54, 1.807) is 12.1 Å². The van der Waals surface area contributed by atoms with Crippen LogP contribution < -0.4 is 10.1 Å². The van der Waals surface area contributed by atoms with Crippen molar-refractivity contribution in [3.8, 4) is 5.75 Å². The predicted octanol–water partition coefficient (Wildman–Crippen LogP) is 5.09. The van der Waals surface area contributed by atoms with Crippen molar-refractivity contribution in [3.63, 3.8) is 0 Å². The lowest BCUT2D eigenvalue weighted by atomic mass is 9.95. The number of hydrogen-bond donors (Lipinski definition) is 1. The maximum Gasteiger partial charge on any atom is 0.341 e. The number of carbonyl (C=O) groups excluding carboxylic acids is 2. The van der Waals surface area contributed by atoms with Crippen molar-refractivity contribution in [2.75, 3.05) is 19.0 Å². The quantitative estimate of drug-likeness (QED) is 0.656. The lowest BCUT2D eigenvalue weighted by Gasteiger charge is -2.13. The van der Waals surface area contributed by atoms with E-state index in [4.69, 9.17) is 9.47 Å². The maximum absolute atomic E-state index is 13.0. The third-order valence-electron chi connectivity index (χ3n) is 4.87. The molecule has 2 aromatic rings. The Balaban J connectivity index is 1.84. The van der Waals surface area contributed by atoms with Crippen LogP contribution in [0.15, 0.2) is 24.3 Å². The highest BCUT2D eigenvalue weighted by molar-refractivity contribution is 7.17. The molecule has 0 saturated heterocycles. The molecule has 1 N–H and O–H groups in total. The first-order valence-corrected chi connectivity index (χ1v) is 10.6. The van der Waals surface area contributed by atoms with Gasteiger partial charge in [-0.15, -0.1) is 11.3 Å². The van der Waals surface area contributed by atoms with Gasteiger partial charge in [-0.3, -0.25) is 4.79 Å². The summed E-state index contributed by atoms with van der Waals surface area (Å²) in [6, 6.07) is 7.21. The van der Waals surface area contributed by atoms with Gasteiger partial charge in [0.25, 0.3) is 5.91 Å². The summed E-state index contributed by atoms with van der Waals surface area (Å²) in [4.78, 5) is 26.5. The second kappa shape index (κ2) is 9.24. The van der Waals surface area contributed by atoms with Gasteiger partial charge in [-0.05, 0) is 55.7 Å². The van der Waals surface area contributed by atoms with Crippen molar-refractivity contribution in [3.05, 3.63) is 45.8 Å². The molecule has 0 fully saturated rings. The molecule has 1 aliphatic carbocycles. The van der Waals surface area contributed by atoms with E-state index in [1.165, 1.54) is 23.3 Å². The third-order valence-corrected chi connectivity index (χ3v) is 6.08. The van der Waals surface area contributed by atoms with Crippen molar-refractivity contribution < 1.29 is 19.1 Å². The van der Waals surface area contributed by atoms with Gasteiger partial charge in [-0.2, -0.15) is 0 Å². The van der Waals surface area contributed by atoms with Gasteiger partial charge in [0.2, 0.25) is 0 Å². The first-order chi connectivity index (χ1) is 13.5. The van der Waals surface area contributed by atoms with Gasteiger partial charge in [0, 0.05) is 4.88 Å². The molecule has 0 spiro atoms. The van der Waals surface area contributed by atoms with Crippen LogP contribution in [0.4, 0.5) is 5.00 Å². The number of nitrogens with one attached hydrogen (secondary N) is 1. The molecule has 1 aromatic carbocycles. The van der Waals surface area contributed by atoms with E-state index in [-0.39, 0.29) is 5.91 Å². The number of benzene rings is 1. The normalized spacial score (nSPS) is 13.1. The molecule has 1 amide bonds. The minimum absolute atomic E-state index is 0.274. The topological polar surface area (TPSA) is 64.6 Å². The molecule has 3 rings (SSSR count). The summed E-state index contributed by atoms with van der Waals surface area (Å²) >= 11 is 1.48. The standard InChI is InChI=1S/C22H27NO4S/c1-14(2)12-13-27-17-10-6-4-8-15(17)20(24)23-21-19(22(25)26-3)16-9-5-7-11-18(16)28-21/h4,6,8,10,14H,5,7,9,11-13H2,1-3H3,(H,23,24). The number of carbonyl (C=O) groups is 2. The van der Waals surface area contributed by atoms with Crippen molar-refractivity contribution in [1.82, 2.24) is 0 Å². The van der Waals surface area contributed by atoms with E-state index in [0.29, 0.717) is 34.4 Å². The Kier molecular flexibility index (Phi) is 6.73. The van der Waals surface area contributed by atoms with E-state index >= 15 is 0 Å². The Labute approximate surface area is 170 Å². The van der Waals surface area contributed by atoms with Crippen LogP contribution in [0.25, 0.3) is 0 Å². The average Bonchev–Trinajstić information content (AvgIpc) is 3.05. The van der Waals surface area contributed by atoms with Gasteiger partial charge in [-0.25, -0.2) is 4.79 Å². The highest BCUT2D eigenvalue weighted by Gasteiger charge is 2.27. The molecule has 0 atom stereocenters. The lowest BCUT2D eigenvalue weighted by Crippen LogP contribution is -2.16. The molecule has 0 bridgehead atoms. The molecule has 0 radical (unpaired) electrons. The fourth-order valence-corrected chi connectivity index (χ4v) is 4.60. The molecular weight excluding hydrogens is 374 g/mol. The van der Waals surface area contributed by atoms with E-state index < -0.39 is 5.97 Å². The van der Waals surface area contributed by atoms with Crippen LogP contribution in [-0.4, -0.2) is 25.6 Å². The first kappa shape index (κ1) is 20.4. The molecule has 0 saturated carbocycles. The molecule has 1 aliphatic rings. The average molecular weight is 402 g/mol. The number of esters is 1. The number of hydrogen-bond acceptors (Lipinski definition) is 5. The van der Waals surface area contributed by atoms with E-state index in [0.717, 1.165) is 37.7 Å². The second-order valence-electron chi connectivity index (χ2n) is 7.39. The van der Waals surface area contributed by atoms with Crippen molar-refractivity contribution >= 4 is 28.2 Å². The molecule has 1 heterocycles. The van der Waals surface area contributed by atoms with Crippen LogP contribution in [0.5, 0.6) is 5.75 Å². The SMILES string of the molecule is COC(=O)c1c(NC(=O)c2ccccc2OCCC(C)C)sc2c1CCCC2. The molecule has 28 heavy (non-hydrogen) atoms. The van der Waals surface area contributed by atoms with Crippen LogP contribution in [0, 0.1) is 5.92 Å². The Hall–Kier alpha value is -2.34. The first-order valence-electron chi connectivity index (χ1n) is 9.77. The Bertz CT molecular complexity index is 856. The molecule has 0 unspecified atom stereocenters. The molecule has 6 heteroatoms. The monoisotopic (exact) mass is 401 g/mol. The second-order valence-corrected chi connectivity index (χ2v) is 8.49. The van der Waals surface area contributed by atoms with Gasteiger partial charge in [-0.1, -0.05) is 26.0 Å². The fourth-order valence-electron chi connectivity index (χ4n) is 3.33. The molecule has 5 nitrogen and oxygen atoms in total. The van der Waals surface area contributed by atoms with Crippen LogP contribution in [0.1, 0.15) is 64.3 Å². The third kappa shape index (κ3) is 4.55. The number of aryl methyl sites for hydroxylation is 1. The zero-order valence-electron chi connectivity index (χ0n) is 16.7. The summed E-state index contributed by atoms with van der Waals surface area (Å²) in [6.07, 6.45) is 4.86. The summed E-state index contributed by atoms with van der Waals surface area (Å²) in [5.74, 6) is 0.419. The number of thiophene rings is 1. The van der Waals surface area contributed by atoms with E-state index in [2.05, 4.69) is 19.2 Å². The summed E-state index contributed by atoms with van der Waals surface area (Å²) in [5, 5.41) is 3.51. The Morgan fingerprint density at radius 2 is 1.93 bits per heavy atom. The number of para-hydroxylation sites is 1. The van der Waals surface area contributed by atoms with Gasteiger partial charge < -0.3 is 14.8 Å². The summed E-state index contributed by atoms with van der Waals surface area (Å²) in [6.45, 7) is 4.83. The largest absolute Gasteiger partial charge is 0.493 e. The number of anilines is 1. The minimum atomic E-state index is -0.392. The minimum Gasteiger partial charge on any atom is -0.493 e. The molecule has 1 aromatic heterocycles. The molecule has 150 valence electrons. The van der Waals surface area contributed by atoms with Crippen molar-refractivity contribution in [2.45, 2.75) is 46.0 Å². The lowest BCUT2D eigenvalue weighted by molar-refractivity contribution is 0.0601. The van der Waals surface area contributed by atoms with Crippen molar-refractivity contribution in [1.29, 1.82) is 0 Å². The summed E-state index contributed by atoms with van der Waals surface area (Å²) < 4.78 is 10.8. The van der Waals surface area contributed by atoms with Gasteiger partial charge >= 0.3 is 5.97 Å². The van der Waals surface area contributed by atoms with Crippen LogP contribution in [0.2, 0.25) is 0 Å². The highest BCUT2D eigenvalue weighted by Crippen LogP contribution is 2.39. The maximum atomic E-state index is 13.0. The Morgan fingerprint density at radius 1 is 1.18 bits per heavy atom. The fraction of sp³-hybridized carbons (Fsp3) is 0.455. The Morgan fingerprint density at radius 3 is 2.68 bits per heavy atom. The number of amides is 1. The van der Waals surface area contributed by atoms with Gasteiger partial charge in [0.05, 0.1) is 24.8 Å². The molecular formula is C22H27NO4S. The summed E-state index contributed by atoms with van der Waals surface area (Å²) in [7, 11) is 1.37. The zero-order chi connectivity index (χ0) is 20.1. The van der Waals surface area contributed by atoms with Gasteiger partial charge in [0.15, 0.2) is 0 Å². The van der Waals surface area contributed by atoms with Crippen LogP contribution in [-0.2, 0) is 17.6 Å². The van der Waals surface area contributed by atoms with E-state index in [1.807, 2.05) is 12.1 Å². The highest BCUT2D eigenvalue weighted by atomic mass is 32.1. The molecule has 0 aliphatic heterocycles. The zero-order valence-corrected chi connectivity index (χ0v) is 17.5. The predicted molar refractivity (Wildman–Crippen MR) is 112 cm³/mol. The van der Waals surface area contributed by atoms with Crippen molar-refractivity contribution in [2.24, 2.45) is 5.92 Å². The van der Waals surface area contributed by atoms with Crippen LogP contribution in [0.3, 0.4) is 0 Å². The smallest absolute Gasteiger partial charge is 0.341 e. The number of ether oxygens (including phenoxy) is 2. The number of fused-ring (bicyclic) bond motifs is 1. The number of methoxy groups -OCH3 is 1. The van der Waals surface area contributed by atoms with E-state index in [9.17, 15) is 9.59 Å². The van der Waals surface area contributed by atoms with Crippen LogP contribution >= 0.6 is 11.3 Å². The summed E-state index contributed by atoms with van der Waals surface area (Å²) in [5.41, 5.74) is 2.00. The number of rotatable bonds is 7. The van der Waals surface area contributed by atoms with Gasteiger partial charge in [0.1, 0.15) is 10.8 Å².